The number of aliphatic imine (C=N–C) groups is 1. The monoisotopic (exact) mass is 222 g/mol. The summed E-state index contributed by atoms with van der Waals surface area (Å²) in [5, 5.41) is 3.57. The maximum Gasteiger partial charge on any atom is 0.168 e. The van der Waals surface area contributed by atoms with Crippen molar-refractivity contribution in [3.63, 3.8) is 0 Å². The molecule has 82 valence electrons. The Kier molecular flexibility index (Phi) is 2.31. The van der Waals surface area contributed by atoms with Gasteiger partial charge in [0.15, 0.2) is 5.17 Å². The average molecular weight is 222 g/mol. The highest BCUT2D eigenvalue weighted by Gasteiger charge is 2.42. The van der Waals surface area contributed by atoms with Crippen molar-refractivity contribution < 1.29 is 0 Å². The summed E-state index contributed by atoms with van der Waals surface area (Å²) >= 11 is 1.83. The molecule has 1 fully saturated rings. The Morgan fingerprint density at radius 2 is 2.20 bits per heavy atom. The molecule has 2 aliphatic heterocycles. The van der Waals surface area contributed by atoms with Crippen LogP contribution in [0.1, 0.15) is 39.5 Å². The lowest BCUT2D eigenvalue weighted by Crippen LogP contribution is -2.39. The van der Waals surface area contributed by atoms with E-state index in [9.17, 15) is 0 Å². The fourth-order valence-electron chi connectivity index (χ4n) is 2.86. The van der Waals surface area contributed by atoms with E-state index in [0.717, 1.165) is 0 Å². The molecule has 0 bridgehead atoms. The molecule has 0 aromatic heterocycles. The molecule has 3 rings (SSSR count). The van der Waals surface area contributed by atoms with Crippen molar-refractivity contribution in [3.05, 3.63) is 11.1 Å². The van der Waals surface area contributed by atoms with Crippen LogP contribution in [0.5, 0.6) is 0 Å². The summed E-state index contributed by atoms with van der Waals surface area (Å²) < 4.78 is 0. The molecule has 3 aliphatic rings. The number of thioether (sulfide) groups is 1. The molecule has 0 amide bonds. The van der Waals surface area contributed by atoms with Crippen molar-refractivity contribution in [2.75, 3.05) is 0 Å². The predicted octanol–water partition coefficient (Wildman–Crippen LogP) is 3.21. The molecular formula is C12H18N2S. The van der Waals surface area contributed by atoms with Gasteiger partial charge in [0.1, 0.15) is 0 Å². The molecule has 1 aliphatic carbocycles. The number of rotatable bonds is 1. The fraction of sp³-hybridized carbons (Fsp3) is 0.750. The van der Waals surface area contributed by atoms with Crippen LogP contribution in [-0.4, -0.2) is 22.2 Å². The lowest BCUT2D eigenvalue weighted by atomic mass is 9.90. The topological polar surface area (TPSA) is 15.6 Å². The van der Waals surface area contributed by atoms with Gasteiger partial charge in [-0.15, -0.1) is 0 Å². The zero-order valence-electron chi connectivity index (χ0n) is 9.44. The van der Waals surface area contributed by atoms with E-state index in [1.54, 1.807) is 0 Å². The van der Waals surface area contributed by atoms with Gasteiger partial charge in [-0.2, -0.15) is 0 Å². The molecule has 0 aromatic carbocycles. The number of allylic oxidation sites excluding steroid dienone is 1. The lowest BCUT2D eigenvalue weighted by Gasteiger charge is -2.33. The summed E-state index contributed by atoms with van der Waals surface area (Å²) in [6.07, 6.45) is 5.40. The maximum absolute atomic E-state index is 4.86. The van der Waals surface area contributed by atoms with Gasteiger partial charge < -0.3 is 4.90 Å². The number of hydrogen-bond acceptors (Lipinski definition) is 3. The summed E-state index contributed by atoms with van der Waals surface area (Å²) in [4.78, 5) is 7.39. The van der Waals surface area contributed by atoms with E-state index >= 15 is 0 Å². The van der Waals surface area contributed by atoms with Crippen LogP contribution in [0.15, 0.2) is 16.1 Å². The van der Waals surface area contributed by atoms with E-state index in [-0.39, 0.29) is 0 Å². The molecular weight excluding hydrogens is 204 g/mol. The molecule has 0 unspecified atom stereocenters. The second kappa shape index (κ2) is 3.55. The van der Waals surface area contributed by atoms with Crippen LogP contribution in [-0.2, 0) is 0 Å². The molecule has 0 N–H and O–H groups in total. The molecule has 2 atom stereocenters. The highest BCUT2D eigenvalue weighted by Crippen LogP contribution is 2.42. The van der Waals surface area contributed by atoms with E-state index in [1.807, 2.05) is 11.8 Å². The molecule has 15 heavy (non-hydrogen) atoms. The minimum atomic E-state index is 0.601. The van der Waals surface area contributed by atoms with Crippen LogP contribution in [0, 0.1) is 5.92 Å². The smallest absolute Gasteiger partial charge is 0.168 e. The predicted molar refractivity (Wildman–Crippen MR) is 65.8 cm³/mol. The minimum Gasteiger partial charge on any atom is -0.319 e. The largest absolute Gasteiger partial charge is 0.319 e. The van der Waals surface area contributed by atoms with Crippen LogP contribution < -0.4 is 0 Å². The van der Waals surface area contributed by atoms with Crippen molar-refractivity contribution in [2.24, 2.45) is 10.9 Å². The molecule has 0 saturated heterocycles. The van der Waals surface area contributed by atoms with Crippen molar-refractivity contribution in [2.45, 2.75) is 51.6 Å². The SMILES string of the molecule is CC(C)C1=CSC2=N[C@H]3CCCC[C@@H]3N12. The second-order valence-corrected chi connectivity index (χ2v) is 5.85. The molecule has 2 nitrogen and oxygen atoms in total. The highest BCUT2D eigenvalue weighted by molar-refractivity contribution is 8.16. The third-order valence-electron chi connectivity index (χ3n) is 3.66. The van der Waals surface area contributed by atoms with Crippen molar-refractivity contribution >= 4 is 16.9 Å². The van der Waals surface area contributed by atoms with Crippen LogP contribution in [0.3, 0.4) is 0 Å². The lowest BCUT2D eigenvalue weighted by molar-refractivity contribution is 0.271. The average Bonchev–Trinajstić information content (AvgIpc) is 2.74. The Morgan fingerprint density at radius 3 is 3.00 bits per heavy atom. The summed E-state index contributed by atoms with van der Waals surface area (Å²) in [7, 11) is 0. The van der Waals surface area contributed by atoms with E-state index in [2.05, 4.69) is 24.2 Å². The zero-order valence-corrected chi connectivity index (χ0v) is 10.3. The first-order chi connectivity index (χ1) is 7.27. The maximum atomic E-state index is 4.86. The van der Waals surface area contributed by atoms with Crippen molar-refractivity contribution in [1.29, 1.82) is 0 Å². The number of hydrogen-bond donors (Lipinski definition) is 0. The van der Waals surface area contributed by atoms with Gasteiger partial charge in [0.2, 0.25) is 0 Å². The third-order valence-corrected chi connectivity index (χ3v) is 4.53. The second-order valence-electron chi connectivity index (χ2n) is 5.02. The number of nitrogens with zero attached hydrogens (tertiary/aromatic N) is 2. The van der Waals surface area contributed by atoms with Crippen LogP contribution in [0.4, 0.5) is 0 Å². The summed E-state index contributed by atoms with van der Waals surface area (Å²) in [5.74, 6) is 0.630. The van der Waals surface area contributed by atoms with E-state index < -0.39 is 0 Å². The van der Waals surface area contributed by atoms with Crippen molar-refractivity contribution in [1.82, 2.24) is 4.90 Å². The Balaban J connectivity index is 1.88. The Hall–Kier alpha value is -0.440. The van der Waals surface area contributed by atoms with Gasteiger partial charge >= 0.3 is 0 Å². The number of fused-ring (bicyclic) bond motifs is 3. The minimum absolute atomic E-state index is 0.601. The Labute approximate surface area is 95.8 Å². The van der Waals surface area contributed by atoms with E-state index in [4.69, 9.17) is 4.99 Å². The van der Waals surface area contributed by atoms with Gasteiger partial charge in [0, 0.05) is 5.70 Å². The zero-order chi connectivity index (χ0) is 10.4. The van der Waals surface area contributed by atoms with Gasteiger partial charge in [0.25, 0.3) is 0 Å². The Morgan fingerprint density at radius 1 is 1.40 bits per heavy atom. The molecule has 1 saturated carbocycles. The molecule has 3 heteroatoms. The molecule has 0 aromatic rings. The van der Waals surface area contributed by atoms with Gasteiger partial charge in [-0.3, -0.25) is 4.99 Å². The standard InChI is InChI=1S/C12H18N2S/c1-8(2)11-7-15-12-13-9-5-3-4-6-10(9)14(11)12/h7-10H,3-6H2,1-2H3/t9-,10-/m0/s1. The first-order valence-corrected chi connectivity index (χ1v) is 6.89. The Bertz CT molecular complexity index is 333. The normalized spacial score (nSPS) is 33.9. The highest BCUT2D eigenvalue weighted by atomic mass is 32.2. The third kappa shape index (κ3) is 1.43. The quantitative estimate of drug-likeness (QED) is 0.677. The van der Waals surface area contributed by atoms with Crippen LogP contribution in [0.25, 0.3) is 0 Å². The van der Waals surface area contributed by atoms with Gasteiger partial charge in [-0.25, -0.2) is 0 Å². The van der Waals surface area contributed by atoms with E-state index in [0.29, 0.717) is 18.0 Å². The van der Waals surface area contributed by atoms with Gasteiger partial charge in [-0.05, 0) is 24.2 Å². The molecule has 0 spiro atoms. The number of amidine groups is 1. The van der Waals surface area contributed by atoms with Crippen LogP contribution in [0.2, 0.25) is 0 Å². The van der Waals surface area contributed by atoms with Crippen LogP contribution >= 0.6 is 11.8 Å². The fourth-order valence-corrected chi connectivity index (χ4v) is 4.03. The summed E-state index contributed by atoms with van der Waals surface area (Å²) in [6, 6.07) is 1.29. The summed E-state index contributed by atoms with van der Waals surface area (Å²) in [5.41, 5.74) is 1.49. The van der Waals surface area contributed by atoms with Gasteiger partial charge in [-0.1, -0.05) is 38.5 Å². The van der Waals surface area contributed by atoms with Gasteiger partial charge in [0.05, 0.1) is 12.1 Å². The molecule has 0 radical (unpaired) electrons. The first-order valence-electron chi connectivity index (χ1n) is 6.01. The van der Waals surface area contributed by atoms with E-state index in [1.165, 1.54) is 36.5 Å². The first kappa shape index (κ1) is 9.76. The molecule has 2 heterocycles. The summed E-state index contributed by atoms with van der Waals surface area (Å²) in [6.45, 7) is 4.57. The van der Waals surface area contributed by atoms with Crippen molar-refractivity contribution in [3.8, 4) is 0 Å².